The van der Waals surface area contributed by atoms with E-state index < -0.39 is 0 Å². The van der Waals surface area contributed by atoms with Gasteiger partial charge in [0.1, 0.15) is 0 Å². The monoisotopic (exact) mass is 203 g/mol. The highest BCUT2D eigenvalue weighted by atomic mass is 32.1. The first kappa shape index (κ1) is 9.41. The standard InChI is InChI=1S/C12H13NS/c1-8-4-5-11(6-9(8)2)12-7-14-10(3)13-12/h4-7H,1-3H3. The summed E-state index contributed by atoms with van der Waals surface area (Å²) in [5.41, 5.74) is 4.97. The van der Waals surface area contributed by atoms with Crippen LogP contribution in [0.1, 0.15) is 16.1 Å². The van der Waals surface area contributed by atoms with Crippen molar-refractivity contribution in [2.24, 2.45) is 0 Å². The average Bonchev–Trinajstić information content (AvgIpc) is 2.57. The van der Waals surface area contributed by atoms with Gasteiger partial charge in [0.05, 0.1) is 10.7 Å². The van der Waals surface area contributed by atoms with E-state index in [2.05, 4.69) is 42.4 Å². The highest BCUT2D eigenvalue weighted by Gasteiger charge is 2.02. The van der Waals surface area contributed by atoms with Crippen LogP contribution < -0.4 is 0 Å². The lowest BCUT2D eigenvalue weighted by molar-refractivity contribution is 1.28. The minimum Gasteiger partial charge on any atom is -0.242 e. The molecule has 1 aromatic heterocycles. The first-order valence-electron chi connectivity index (χ1n) is 4.66. The van der Waals surface area contributed by atoms with Gasteiger partial charge in [-0.1, -0.05) is 12.1 Å². The van der Waals surface area contributed by atoms with Crippen LogP contribution in [0.25, 0.3) is 11.3 Å². The number of aromatic nitrogens is 1. The molecule has 0 aliphatic heterocycles. The van der Waals surface area contributed by atoms with E-state index in [1.807, 2.05) is 6.92 Å². The van der Waals surface area contributed by atoms with Crippen molar-refractivity contribution in [2.75, 3.05) is 0 Å². The fourth-order valence-corrected chi connectivity index (χ4v) is 2.02. The second kappa shape index (κ2) is 3.54. The molecular formula is C12H13NS. The first-order chi connectivity index (χ1) is 6.66. The van der Waals surface area contributed by atoms with E-state index >= 15 is 0 Å². The summed E-state index contributed by atoms with van der Waals surface area (Å²) in [6.45, 7) is 6.30. The maximum Gasteiger partial charge on any atom is 0.0901 e. The number of thiazole rings is 1. The molecule has 0 spiro atoms. The van der Waals surface area contributed by atoms with Crippen LogP contribution in [0, 0.1) is 20.8 Å². The maximum atomic E-state index is 4.47. The van der Waals surface area contributed by atoms with Crippen LogP contribution >= 0.6 is 11.3 Å². The second-order valence-corrected chi connectivity index (χ2v) is 4.61. The minimum atomic E-state index is 1.09. The molecule has 0 saturated heterocycles. The predicted octanol–water partition coefficient (Wildman–Crippen LogP) is 3.74. The Morgan fingerprint density at radius 1 is 1.07 bits per heavy atom. The predicted molar refractivity (Wildman–Crippen MR) is 61.8 cm³/mol. The molecule has 0 saturated carbocycles. The SMILES string of the molecule is Cc1nc(-c2ccc(C)c(C)c2)cs1. The van der Waals surface area contributed by atoms with Crippen molar-refractivity contribution in [1.82, 2.24) is 4.98 Å². The Hall–Kier alpha value is -1.15. The van der Waals surface area contributed by atoms with E-state index in [1.54, 1.807) is 11.3 Å². The van der Waals surface area contributed by atoms with E-state index in [-0.39, 0.29) is 0 Å². The van der Waals surface area contributed by atoms with Crippen molar-refractivity contribution in [3.8, 4) is 11.3 Å². The molecule has 0 bridgehead atoms. The molecule has 0 N–H and O–H groups in total. The molecule has 0 atom stereocenters. The Morgan fingerprint density at radius 2 is 1.86 bits per heavy atom. The van der Waals surface area contributed by atoms with Gasteiger partial charge in [0.15, 0.2) is 0 Å². The third kappa shape index (κ3) is 1.70. The Kier molecular flexibility index (Phi) is 2.38. The number of benzene rings is 1. The highest BCUT2D eigenvalue weighted by Crippen LogP contribution is 2.23. The fourth-order valence-electron chi connectivity index (χ4n) is 1.40. The minimum absolute atomic E-state index is 1.09. The summed E-state index contributed by atoms with van der Waals surface area (Å²) in [5, 5.41) is 3.23. The topological polar surface area (TPSA) is 12.9 Å². The van der Waals surface area contributed by atoms with Gasteiger partial charge in [0, 0.05) is 10.9 Å². The van der Waals surface area contributed by atoms with Gasteiger partial charge in [-0.15, -0.1) is 11.3 Å². The van der Waals surface area contributed by atoms with Gasteiger partial charge >= 0.3 is 0 Å². The van der Waals surface area contributed by atoms with Gasteiger partial charge in [-0.25, -0.2) is 4.98 Å². The quantitative estimate of drug-likeness (QED) is 0.688. The molecule has 2 aromatic rings. The normalized spacial score (nSPS) is 10.5. The molecule has 0 amide bonds. The Bertz CT molecular complexity index is 457. The molecule has 14 heavy (non-hydrogen) atoms. The van der Waals surface area contributed by atoms with Crippen molar-refractivity contribution < 1.29 is 0 Å². The summed E-state index contributed by atoms with van der Waals surface area (Å²) in [5.74, 6) is 0. The van der Waals surface area contributed by atoms with Gasteiger partial charge in [-0.3, -0.25) is 0 Å². The van der Waals surface area contributed by atoms with Crippen molar-refractivity contribution in [3.63, 3.8) is 0 Å². The molecule has 0 aliphatic rings. The van der Waals surface area contributed by atoms with Crippen LogP contribution in [0.5, 0.6) is 0 Å². The van der Waals surface area contributed by atoms with E-state index in [0.717, 1.165) is 10.7 Å². The van der Waals surface area contributed by atoms with Crippen molar-refractivity contribution in [2.45, 2.75) is 20.8 Å². The molecule has 1 nitrogen and oxygen atoms in total. The van der Waals surface area contributed by atoms with Crippen molar-refractivity contribution in [1.29, 1.82) is 0 Å². The van der Waals surface area contributed by atoms with E-state index in [0.29, 0.717) is 0 Å². The number of hydrogen-bond donors (Lipinski definition) is 0. The van der Waals surface area contributed by atoms with E-state index in [1.165, 1.54) is 16.7 Å². The Balaban J connectivity index is 2.47. The van der Waals surface area contributed by atoms with Gasteiger partial charge in [-0.2, -0.15) is 0 Å². The molecule has 0 fully saturated rings. The van der Waals surface area contributed by atoms with E-state index in [4.69, 9.17) is 0 Å². The van der Waals surface area contributed by atoms with Crippen LogP contribution in [-0.4, -0.2) is 4.98 Å². The Morgan fingerprint density at radius 3 is 2.43 bits per heavy atom. The van der Waals surface area contributed by atoms with Crippen LogP contribution in [0.3, 0.4) is 0 Å². The molecule has 72 valence electrons. The summed E-state index contributed by atoms with van der Waals surface area (Å²) in [7, 11) is 0. The number of nitrogens with zero attached hydrogens (tertiary/aromatic N) is 1. The lowest BCUT2D eigenvalue weighted by Crippen LogP contribution is -1.83. The summed E-state index contributed by atoms with van der Waals surface area (Å²) < 4.78 is 0. The molecule has 0 aliphatic carbocycles. The zero-order valence-electron chi connectivity index (χ0n) is 8.66. The number of aryl methyl sites for hydroxylation is 3. The van der Waals surface area contributed by atoms with Gasteiger partial charge in [0.25, 0.3) is 0 Å². The van der Waals surface area contributed by atoms with Crippen LogP contribution in [0.2, 0.25) is 0 Å². The zero-order chi connectivity index (χ0) is 10.1. The van der Waals surface area contributed by atoms with Crippen molar-refractivity contribution in [3.05, 3.63) is 39.7 Å². The summed E-state index contributed by atoms with van der Waals surface area (Å²) in [6.07, 6.45) is 0. The largest absolute Gasteiger partial charge is 0.242 e. The number of hydrogen-bond acceptors (Lipinski definition) is 2. The summed E-state index contributed by atoms with van der Waals surface area (Å²) in [4.78, 5) is 4.47. The molecule has 2 rings (SSSR count). The molecule has 1 aromatic carbocycles. The fraction of sp³-hybridized carbons (Fsp3) is 0.250. The Labute approximate surface area is 88.4 Å². The highest BCUT2D eigenvalue weighted by molar-refractivity contribution is 7.09. The van der Waals surface area contributed by atoms with Gasteiger partial charge < -0.3 is 0 Å². The number of rotatable bonds is 1. The van der Waals surface area contributed by atoms with Gasteiger partial charge in [0.2, 0.25) is 0 Å². The van der Waals surface area contributed by atoms with Crippen molar-refractivity contribution >= 4 is 11.3 Å². The smallest absolute Gasteiger partial charge is 0.0901 e. The molecule has 0 radical (unpaired) electrons. The van der Waals surface area contributed by atoms with Gasteiger partial charge in [-0.05, 0) is 38.0 Å². The lowest BCUT2D eigenvalue weighted by Gasteiger charge is -2.02. The first-order valence-corrected chi connectivity index (χ1v) is 5.54. The summed E-state index contributed by atoms with van der Waals surface area (Å²) >= 11 is 1.70. The molecule has 1 heterocycles. The second-order valence-electron chi connectivity index (χ2n) is 3.55. The third-order valence-electron chi connectivity index (χ3n) is 2.42. The summed E-state index contributed by atoms with van der Waals surface area (Å²) in [6, 6.07) is 6.49. The van der Waals surface area contributed by atoms with Crippen LogP contribution in [0.15, 0.2) is 23.6 Å². The lowest BCUT2D eigenvalue weighted by atomic mass is 10.1. The van der Waals surface area contributed by atoms with Crippen LogP contribution in [0.4, 0.5) is 0 Å². The zero-order valence-corrected chi connectivity index (χ0v) is 9.48. The molecular weight excluding hydrogens is 190 g/mol. The maximum absolute atomic E-state index is 4.47. The van der Waals surface area contributed by atoms with Crippen LogP contribution in [-0.2, 0) is 0 Å². The molecule has 2 heteroatoms. The average molecular weight is 203 g/mol. The molecule has 0 unspecified atom stereocenters. The van der Waals surface area contributed by atoms with E-state index in [9.17, 15) is 0 Å². The third-order valence-corrected chi connectivity index (χ3v) is 3.20.